The third-order valence-electron chi connectivity index (χ3n) is 6.14. The lowest BCUT2D eigenvalue weighted by atomic mass is 9.94. The number of rotatable bonds is 7. The molecule has 1 amide bonds. The zero-order valence-electron chi connectivity index (χ0n) is 20.7. The molecule has 1 unspecified atom stereocenters. The Balaban J connectivity index is 2.06. The predicted molar refractivity (Wildman–Crippen MR) is 140 cm³/mol. The number of halogens is 1. The molecule has 37 heavy (non-hydrogen) atoms. The van der Waals surface area contributed by atoms with Gasteiger partial charge in [0.2, 0.25) is 0 Å². The number of anilines is 1. The molecule has 1 atom stereocenters. The number of hydrogen-bond acceptors (Lipinski definition) is 7. The molecule has 3 aromatic rings. The van der Waals surface area contributed by atoms with Gasteiger partial charge in [0.1, 0.15) is 22.8 Å². The van der Waals surface area contributed by atoms with Crippen molar-refractivity contribution < 1.29 is 34.0 Å². The molecular weight excluding hydrogens is 498 g/mol. The number of aryl methyl sites for hydroxylation is 1. The topological polar surface area (TPSA) is 106 Å². The van der Waals surface area contributed by atoms with Crippen molar-refractivity contribution in [2.45, 2.75) is 19.9 Å². The monoisotopic (exact) mass is 523 g/mol. The molecule has 0 saturated carbocycles. The fourth-order valence-corrected chi connectivity index (χ4v) is 4.60. The van der Waals surface area contributed by atoms with Gasteiger partial charge in [-0.1, -0.05) is 29.8 Å². The molecule has 3 aromatic carbocycles. The molecule has 192 valence electrons. The van der Waals surface area contributed by atoms with E-state index in [2.05, 4.69) is 0 Å². The summed E-state index contributed by atoms with van der Waals surface area (Å²) in [5.41, 5.74) is 1.46. The lowest BCUT2D eigenvalue weighted by Crippen LogP contribution is -2.30. The Bertz CT molecular complexity index is 1390. The van der Waals surface area contributed by atoms with Crippen LogP contribution in [-0.4, -0.2) is 42.7 Å². The average Bonchev–Trinajstić information content (AvgIpc) is 3.16. The Morgan fingerprint density at radius 2 is 1.68 bits per heavy atom. The summed E-state index contributed by atoms with van der Waals surface area (Å²) in [6.45, 7) is 3.83. The van der Waals surface area contributed by atoms with Crippen molar-refractivity contribution in [1.82, 2.24) is 0 Å². The van der Waals surface area contributed by atoms with Gasteiger partial charge in [0.05, 0.1) is 32.4 Å². The fourth-order valence-electron chi connectivity index (χ4n) is 4.43. The minimum atomic E-state index is -1.08. The van der Waals surface area contributed by atoms with E-state index in [9.17, 15) is 19.8 Å². The summed E-state index contributed by atoms with van der Waals surface area (Å²) in [4.78, 5) is 28.4. The van der Waals surface area contributed by atoms with Gasteiger partial charge in [0, 0.05) is 10.7 Å². The molecular formula is C28H26ClNO7. The molecule has 1 aliphatic rings. The van der Waals surface area contributed by atoms with Gasteiger partial charge in [-0.3, -0.25) is 14.5 Å². The summed E-state index contributed by atoms with van der Waals surface area (Å²) in [5.74, 6) is -1.65. The van der Waals surface area contributed by atoms with Crippen LogP contribution in [-0.2, 0) is 9.59 Å². The van der Waals surface area contributed by atoms with Crippen LogP contribution < -0.4 is 19.1 Å². The van der Waals surface area contributed by atoms with Crippen LogP contribution in [0.4, 0.5) is 5.69 Å². The van der Waals surface area contributed by atoms with Crippen LogP contribution in [0.5, 0.6) is 23.0 Å². The molecule has 1 heterocycles. The van der Waals surface area contributed by atoms with E-state index in [-0.39, 0.29) is 40.7 Å². The normalized spacial score (nSPS) is 16.7. The standard InChI is InChI=1S/C28H26ClNO7/c1-5-37-22-13-16(10-12-19(22)31)25-24(26(32)23-20(35-3)7-6-8-21(23)36-4)27(33)28(34)30(25)18-14-17(29)11-9-15(18)2/h6-14,25,31-32H,5H2,1-4H3/b26-24+. The Morgan fingerprint density at radius 3 is 2.30 bits per heavy atom. The number of hydrogen-bond donors (Lipinski definition) is 2. The Kier molecular flexibility index (Phi) is 7.31. The van der Waals surface area contributed by atoms with Gasteiger partial charge in [-0.2, -0.15) is 0 Å². The second-order valence-electron chi connectivity index (χ2n) is 8.30. The highest BCUT2D eigenvalue weighted by Crippen LogP contribution is 2.47. The third kappa shape index (κ3) is 4.56. The number of nitrogens with zero attached hydrogens (tertiary/aromatic N) is 1. The number of amides is 1. The number of phenols is 1. The molecule has 2 N–H and O–H groups in total. The zero-order valence-corrected chi connectivity index (χ0v) is 21.5. The van der Waals surface area contributed by atoms with Crippen molar-refractivity contribution in [3.8, 4) is 23.0 Å². The number of aromatic hydroxyl groups is 1. The molecule has 0 bridgehead atoms. The molecule has 0 spiro atoms. The van der Waals surface area contributed by atoms with Crippen LogP contribution in [0.25, 0.3) is 5.76 Å². The largest absolute Gasteiger partial charge is 0.506 e. The Morgan fingerprint density at radius 1 is 1.00 bits per heavy atom. The first kappa shape index (κ1) is 25.9. The molecule has 1 saturated heterocycles. The lowest BCUT2D eigenvalue weighted by Gasteiger charge is -2.27. The van der Waals surface area contributed by atoms with E-state index in [1.807, 2.05) is 0 Å². The number of Topliss-reactive ketones (excluding diaryl/α,β-unsaturated/α-hetero) is 1. The first-order valence-electron chi connectivity index (χ1n) is 11.5. The van der Waals surface area contributed by atoms with E-state index in [1.54, 1.807) is 56.3 Å². The minimum absolute atomic E-state index is 0.104. The maximum absolute atomic E-state index is 13.6. The highest BCUT2D eigenvalue weighted by molar-refractivity contribution is 6.52. The molecule has 4 rings (SSSR count). The maximum atomic E-state index is 13.6. The highest BCUT2D eigenvalue weighted by atomic mass is 35.5. The van der Waals surface area contributed by atoms with Crippen LogP contribution in [0, 0.1) is 6.92 Å². The average molecular weight is 524 g/mol. The summed E-state index contributed by atoms with van der Waals surface area (Å²) < 4.78 is 16.4. The Hall–Kier alpha value is -4.17. The summed E-state index contributed by atoms with van der Waals surface area (Å²) in [7, 11) is 2.84. The van der Waals surface area contributed by atoms with E-state index in [1.165, 1.54) is 31.3 Å². The van der Waals surface area contributed by atoms with Gasteiger partial charge < -0.3 is 24.4 Å². The molecule has 9 heteroatoms. The zero-order chi connectivity index (χ0) is 26.9. The number of phenolic OH excluding ortho intramolecular Hbond substituents is 1. The number of carbonyl (C=O) groups excluding carboxylic acids is 2. The van der Waals surface area contributed by atoms with Crippen LogP contribution in [0.3, 0.4) is 0 Å². The van der Waals surface area contributed by atoms with E-state index in [4.69, 9.17) is 25.8 Å². The van der Waals surface area contributed by atoms with Gasteiger partial charge in [-0.25, -0.2) is 0 Å². The van der Waals surface area contributed by atoms with Crippen molar-refractivity contribution in [3.05, 3.63) is 81.9 Å². The molecule has 0 aliphatic carbocycles. The predicted octanol–water partition coefficient (Wildman–Crippen LogP) is 5.40. The quantitative estimate of drug-likeness (QED) is 0.243. The molecule has 1 aliphatic heterocycles. The smallest absolute Gasteiger partial charge is 0.300 e. The second kappa shape index (κ2) is 10.4. The van der Waals surface area contributed by atoms with Gasteiger partial charge in [-0.15, -0.1) is 0 Å². The number of aliphatic hydroxyl groups excluding tert-OH is 1. The highest BCUT2D eigenvalue weighted by Gasteiger charge is 2.48. The third-order valence-corrected chi connectivity index (χ3v) is 6.37. The summed E-state index contributed by atoms with van der Waals surface area (Å²) >= 11 is 6.26. The molecule has 0 aromatic heterocycles. The summed E-state index contributed by atoms with van der Waals surface area (Å²) in [5, 5.41) is 22.2. The van der Waals surface area contributed by atoms with E-state index < -0.39 is 23.5 Å². The number of ether oxygens (including phenoxy) is 3. The van der Waals surface area contributed by atoms with Crippen molar-refractivity contribution in [3.63, 3.8) is 0 Å². The van der Waals surface area contributed by atoms with Crippen LogP contribution in [0.15, 0.2) is 60.2 Å². The van der Waals surface area contributed by atoms with E-state index in [0.29, 0.717) is 21.8 Å². The molecule has 1 fully saturated rings. The van der Waals surface area contributed by atoms with Gasteiger partial charge in [0.25, 0.3) is 11.7 Å². The fraction of sp³-hybridized carbons (Fsp3) is 0.214. The summed E-state index contributed by atoms with van der Waals surface area (Å²) in [6.07, 6.45) is 0. The second-order valence-corrected chi connectivity index (χ2v) is 8.73. The number of carbonyl (C=O) groups is 2. The first-order chi connectivity index (χ1) is 17.7. The number of methoxy groups -OCH3 is 2. The first-order valence-corrected chi connectivity index (χ1v) is 11.8. The number of benzene rings is 3. The molecule has 0 radical (unpaired) electrons. The van der Waals surface area contributed by atoms with Crippen LogP contribution in [0.1, 0.15) is 29.7 Å². The summed E-state index contributed by atoms with van der Waals surface area (Å²) in [6, 6.07) is 13.3. The maximum Gasteiger partial charge on any atom is 0.300 e. The van der Waals surface area contributed by atoms with Gasteiger partial charge in [0.15, 0.2) is 11.5 Å². The van der Waals surface area contributed by atoms with Crippen LogP contribution in [0.2, 0.25) is 5.02 Å². The van der Waals surface area contributed by atoms with Gasteiger partial charge >= 0.3 is 0 Å². The van der Waals surface area contributed by atoms with Gasteiger partial charge in [-0.05, 0) is 61.4 Å². The molecule has 8 nitrogen and oxygen atoms in total. The van der Waals surface area contributed by atoms with Crippen molar-refractivity contribution in [1.29, 1.82) is 0 Å². The van der Waals surface area contributed by atoms with Crippen molar-refractivity contribution in [2.24, 2.45) is 0 Å². The Labute approximate surface area is 219 Å². The lowest BCUT2D eigenvalue weighted by molar-refractivity contribution is -0.132. The minimum Gasteiger partial charge on any atom is -0.506 e. The van der Waals surface area contributed by atoms with Crippen LogP contribution >= 0.6 is 11.6 Å². The SMILES string of the molecule is CCOc1cc(C2/C(=C(\O)c3c(OC)cccc3OC)C(=O)C(=O)N2c2cc(Cl)ccc2C)ccc1O. The van der Waals surface area contributed by atoms with Crippen molar-refractivity contribution >= 4 is 34.7 Å². The van der Waals surface area contributed by atoms with Crippen molar-refractivity contribution in [2.75, 3.05) is 25.7 Å². The number of aliphatic hydroxyl groups is 1. The van der Waals surface area contributed by atoms with E-state index in [0.717, 1.165) is 0 Å². The number of ketones is 1. The van der Waals surface area contributed by atoms with E-state index >= 15 is 0 Å².